The van der Waals surface area contributed by atoms with Gasteiger partial charge < -0.3 is 4.57 Å². The van der Waals surface area contributed by atoms with Crippen LogP contribution in [0.1, 0.15) is 11.1 Å². The number of thioether (sulfide) groups is 1. The highest BCUT2D eigenvalue weighted by Gasteiger charge is 2.11. The first kappa shape index (κ1) is 13.9. The predicted octanol–water partition coefficient (Wildman–Crippen LogP) is 3.71. The quantitative estimate of drug-likeness (QED) is 0.689. The minimum absolute atomic E-state index is 0.683. The Kier molecular flexibility index (Phi) is 4.04. The standard InChI is InChI=1S/C15H12N4S2/c1-19-14(13-3-2-8-20-13)17-18-15(19)21-10-12-6-4-11(9-16)5-7-12/h2-8H,10H2,1H3. The molecule has 0 N–H and O–H groups in total. The van der Waals surface area contributed by atoms with Crippen LogP contribution in [0.25, 0.3) is 10.7 Å². The highest BCUT2D eigenvalue weighted by Crippen LogP contribution is 2.27. The van der Waals surface area contributed by atoms with Gasteiger partial charge in [-0.3, -0.25) is 0 Å². The van der Waals surface area contributed by atoms with Crippen molar-refractivity contribution in [3.8, 4) is 16.8 Å². The number of nitriles is 1. The van der Waals surface area contributed by atoms with Gasteiger partial charge in [0.15, 0.2) is 11.0 Å². The van der Waals surface area contributed by atoms with Gasteiger partial charge in [0.25, 0.3) is 0 Å². The van der Waals surface area contributed by atoms with Crippen molar-refractivity contribution < 1.29 is 0 Å². The highest BCUT2D eigenvalue weighted by atomic mass is 32.2. The molecule has 0 bridgehead atoms. The van der Waals surface area contributed by atoms with Gasteiger partial charge in [-0.15, -0.1) is 21.5 Å². The van der Waals surface area contributed by atoms with Crippen molar-refractivity contribution in [2.45, 2.75) is 10.9 Å². The molecule has 1 aromatic carbocycles. The molecule has 4 nitrogen and oxygen atoms in total. The molecule has 0 atom stereocenters. The van der Waals surface area contributed by atoms with Gasteiger partial charge in [0, 0.05) is 12.8 Å². The Hall–Kier alpha value is -2.10. The summed E-state index contributed by atoms with van der Waals surface area (Å²) in [6.07, 6.45) is 0. The lowest BCUT2D eigenvalue weighted by Gasteiger charge is -2.03. The van der Waals surface area contributed by atoms with E-state index in [4.69, 9.17) is 5.26 Å². The molecule has 0 aliphatic heterocycles. The second-order valence-electron chi connectivity index (χ2n) is 4.44. The molecule has 0 aliphatic carbocycles. The summed E-state index contributed by atoms with van der Waals surface area (Å²) in [6, 6.07) is 13.8. The summed E-state index contributed by atoms with van der Waals surface area (Å²) in [5, 5.41) is 20.2. The summed E-state index contributed by atoms with van der Waals surface area (Å²) in [7, 11) is 1.98. The third-order valence-electron chi connectivity index (χ3n) is 3.03. The second-order valence-corrected chi connectivity index (χ2v) is 6.33. The van der Waals surface area contributed by atoms with Crippen molar-refractivity contribution in [1.29, 1.82) is 5.26 Å². The van der Waals surface area contributed by atoms with Crippen molar-refractivity contribution >= 4 is 23.1 Å². The maximum Gasteiger partial charge on any atom is 0.191 e. The Morgan fingerprint density at radius 3 is 2.71 bits per heavy atom. The van der Waals surface area contributed by atoms with Gasteiger partial charge in [-0.05, 0) is 29.1 Å². The summed E-state index contributed by atoms with van der Waals surface area (Å²) in [5.41, 5.74) is 1.85. The Balaban J connectivity index is 1.72. The first-order valence-electron chi connectivity index (χ1n) is 6.33. The molecule has 3 rings (SSSR count). The van der Waals surface area contributed by atoms with E-state index in [1.54, 1.807) is 23.1 Å². The predicted molar refractivity (Wildman–Crippen MR) is 85.0 cm³/mol. The van der Waals surface area contributed by atoms with Crippen molar-refractivity contribution in [3.05, 3.63) is 52.9 Å². The Morgan fingerprint density at radius 1 is 1.24 bits per heavy atom. The Labute approximate surface area is 131 Å². The van der Waals surface area contributed by atoms with E-state index in [-0.39, 0.29) is 0 Å². The normalized spacial score (nSPS) is 10.5. The van der Waals surface area contributed by atoms with Crippen molar-refractivity contribution in [2.75, 3.05) is 0 Å². The number of nitrogens with zero attached hydrogens (tertiary/aromatic N) is 4. The van der Waals surface area contributed by atoms with Crippen LogP contribution in [0, 0.1) is 11.3 Å². The van der Waals surface area contributed by atoms with E-state index in [1.165, 1.54) is 5.56 Å². The molecule has 0 amide bonds. The largest absolute Gasteiger partial charge is 0.304 e. The molecule has 6 heteroatoms. The first-order valence-corrected chi connectivity index (χ1v) is 8.19. The van der Waals surface area contributed by atoms with Crippen LogP contribution in [0.5, 0.6) is 0 Å². The Bertz CT molecular complexity index is 767. The van der Waals surface area contributed by atoms with Crippen LogP contribution >= 0.6 is 23.1 Å². The molecular formula is C15H12N4S2. The highest BCUT2D eigenvalue weighted by molar-refractivity contribution is 7.98. The summed E-state index contributed by atoms with van der Waals surface area (Å²) >= 11 is 3.30. The van der Waals surface area contributed by atoms with E-state index >= 15 is 0 Å². The van der Waals surface area contributed by atoms with Gasteiger partial charge in [0.05, 0.1) is 16.5 Å². The second kappa shape index (κ2) is 6.12. The lowest BCUT2D eigenvalue weighted by Crippen LogP contribution is -1.93. The zero-order valence-electron chi connectivity index (χ0n) is 11.4. The summed E-state index contributed by atoms with van der Waals surface area (Å²) in [6.45, 7) is 0. The fourth-order valence-corrected chi connectivity index (χ4v) is 3.50. The molecule has 0 fully saturated rings. The van der Waals surface area contributed by atoms with E-state index in [9.17, 15) is 0 Å². The first-order chi connectivity index (χ1) is 10.3. The zero-order valence-corrected chi connectivity index (χ0v) is 13.0. The van der Waals surface area contributed by atoms with E-state index in [0.717, 1.165) is 21.6 Å². The number of thiophene rings is 1. The van der Waals surface area contributed by atoms with Crippen LogP contribution in [-0.2, 0) is 12.8 Å². The number of benzene rings is 1. The minimum Gasteiger partial charge on any atom is -0.304 e. The molecule has 0 aliphatic rings. The zero-order chi connectivity index (χ0) is 14.7. The average Bonchev–Trinajstić information content (AvgIpc) is 3.15. The topological polar surface area (TPSA) is 54.5 Å². The van der Waals surface area contributed by atoms with E-state index in [0.29, 0.717) is 5.56 Å². The molecular weight excluding hydrogens is 300 g/mol. The van der Waals surface area contributed by atoms with Crippen LogP contribution in [0.15, 0.2) is 46.9 Å². The van der Waals surface area contributed by atoms with Crippen LogP contribution in [0.3, 0.4) is 0 Å². The van der Waals surface area contributed by atoms with Crippen LogP contribution in [0.4, 0.5) is 0 Å². The molecule has 0 unspecified atom stereocenters. The van der Waals surface area contributed by atoms with Gasteiger partial charge in [0.2, 0.25) is 0 Å². The number of hydrogen-bond donors (Lipinski definition) is 0. The van der Waals surface area contributed by atoms with Crippen LogP contribution in [-0.4, -0.2) is 14.8 Å². The molecule has 21 heavy (non-hydrogen) atoms. The molecule has 2 heterocycles. The number of aromatic nitrogens is 3. The van der Waals surface area contributed by atoms with Gasteiger partial charge >= 0.3 is 0 Å². The van der Waals surface area contributed by atoms with Crippen LogP contribution in [0.2, 0.25) is 0 Å². The van der Waals surface area contributed by atoms with Crippen molar-refractivity contribution in [2.24, 2.45) is 7.05 Å². The fraction of sp³-hybridized carbons (Fsp3) is 0.133. The van der Waals surface area contributed by atoms with Gasteiger partial charge in [-0.25, -0.2) is 0 Å². The molecule has 0 radical (unpaired) electrons. The maximum atomic E-state index is 8.79. The molecule has 0 spiro atoms. The van der Waals surface area contributed by atoms with E-state index < -0.39 is 0 Å². The lowest BCUT2D eigenvalue weighted by atomic mass is 10.2. The van der Waals surface area contributed by atoms with Crippen LogP contribution < -0.4 is 0 Å². The smallest absolute Gasteiger partial charge is 0.191 e. The molecule has 3 aromatic rings. The average molecular weight is 312 g/mol. The maximum absolute atomic E-state index is 8.79. The summed E-state index contributed by atoms with van der Waals surface area (Å²) in [5.74, 6) is 1.70. The summed E-state index contributed by atoms with van der Waals surface area (Å²) < 4.78 is 2.01. The molecule has 0 saturated carbocycles. The Morgan fingerprint density at radius 2 is 2.05 bits per heavy atom. The van der Waals surface area contributed by atoms with E-state index in [1.807, 2.05) is 53.4 Å². The number of rotatable bonds is 4. The molecule has 104 valence electrons. The summed E-state index contributed by atoms with van der Waals surface area (Å²) in [4.78, 5) is 1.12. The van der Waals surface area contributed by atoms with Crippen molar-refractivity contribution in [1.82, 2.24) is 14.8 Å². The molecule has 2 aromatic heterocycles. The van der Waals surface area contributed by atoms with E-state index in [2.05, 4.69) is 16.3 Å². The fourth-order valence-electron chi connectivity index (χ4n) is 1.88. The SMILES string of the molecule is Cn1c(SCc2ccc(C#N)cc2)nnc1-c1cccs1. The van der Waals surface area contributed by atoms with Gasteiger partial charge in [-0.2, -0.15) is 5.26 Å². The number of hydrogen-bond acceptors (Lipinski definition) is 5. The minimum atomic E-state index is 0.683. The van der Waals surface area contributed by atoms with Gasteiger partial charge in [-0.1, -0.05) is 30.0 Å². The third kappa shape index (κ3) is 2.99. The van der Waals surface area contributed by atoms with Gasteiger partial charge in [0.1, 0.15) is 0 Å². The third-order valence-corrected chi connectivity index (χ3v) is 4.98. The molecule has 0 saturated heterocycles. The van der Waals surface area contributed by atoms with Crippen molar-refractivity contribution in [3.63, 3.8) is 0 Å². The monoisotopic (exact) mass is 312 g/mol. The lowest BCUT2D eigenvalue weighted by molar-refractivity contribution is 0.794.